The number of hydrogen-bond donors (Lipinski definition) is 0. The Hall–Kier alpha value is -3.39. The van der Waals surface area contributed by atoms with E-state index < -0.39 is 17.6 Å². The van der Waals surface area contributed by atoms with Crippen LogP contribution in [0.25, 0.3) is 0 Å². The van der Waals surface area contributed by atoms with Crippen molar-refractivity contribution in [2.75, 3.05) is 13.2 Å². The fraction of sp³-hybridized carbons (Fsp3) is 0.296. The Kier molecular flexibility index (Phi) is 7.70. The van der Waals surface area contributed by atoms with E-state index in [1.807, 2.05) is 53.4 Å². The number of fused-ring (bicyclic) bond motifs is 1. The predicted molar refractivity (Wildman–Crippen MR) is 122 cm³/mol. The van der Waals surface area contributed by atoms with E-state index in [-0.39, 0.29) is 31.1 Å². The van der Waals surface area contributed by atoms with Crippen LogP contribution in [0.2, 0.25) is 0 Å². The van der Waals surface area contributed by atoms with Gasteiger partial charge in [-0.2, -0.15) is 13.2 Å². The molecule has 184 valence electrons. The lowest BCUT2D eigenvalue weighted by atomic mass is 10.0. The van der Waals surface area contributed by atoms with Crippen LogP contribution < -0.4 is 4.74 Å². The Morgan fingerprint density at radius 1 is 0.943 bits per heavy atom. The number of carbonyl (C=O) groups excluding carboxylic acids is 1. The van der Waals surface area contributed by atoms with Gasteiger partial charge in [0.25, 0.3) is 0 Å². The van der Waals surface area contributed by atoms with Gasteiger partial charge in [0.05, 0.1) is 18.6 Å². The SMILES string of the molecule is O=C1Cc2cc(OCCCN(Cc3ccccc3)Cc3cccc(C(F)(F)F)c3F)ccc2CO1. The lowest BCUT2D eigenvalue weighted by Crippen LogP contribution is -2.26. The lowest BCUT2D eigenvalue weighted by molar-refractivity contribution is -0.145. The van der Waals surface area contributed by atoms with Crippen molar-refractivity contribution in [2.45, 2.75) is 38.7 Å². The van der Waals surface area contributed by atoms with E-state index in [9.17, 15) is 22.4 Å². The molecule has 0 fully saturated rings. The number of rotatable bonds is 9. The van der Waals surface area contributed by atoms with Gasteiger partial charge in [-0.05, 0) is 41.3 Å². The molecule has 1 aliphatic heterocycles. The number of alkyl halides is 3. The number of halogens is 4. The predicted octanol–water partition coefficient (Wildman–Crippen LogP) is 5.92. The molecule has 0 N–H and O–H groups in total. The maximum atomic E-state index is 14.6. The topological polar surface area (TPSA) is 38.8 Å². The van der Waals surface area contributed by atoms with Gasteiger partial charge < -0.3 is 9.47 Å². The highest BCUT2D eigenvalue weighted by Crippen LogP contribution is 2.33. The van der Waals surface area contributed by atoms with Crippen LogP contribution in [0.1, 0.15) is 34.2 Å². The summed E-state index contributed by atoms with van der Waals surface area (Å²) in [6.07, 6.45) is -3.96. The fourth-order valence-corrected chi connectivity index (χ4v) is 4.06. The van der Waals surface area contributed by atoms with E-state index in [0.717, 1.165) is 22.8 Å². The summed E-state index contributed by atoms with van der Waals surface area (Å²) in [6, 6.07) is 18.4. The second kappa shape index (κ2) is 10.9. The summed E-state index contributed by atoms with van der Waals surface area (Å²) in [5, 5.41) is 0. The zero-order valence-corrected chi connectivity index (χ0v) is 19.0. The summed E-state index contributed by atoms with van der Waals surface area (Å²) in [5.74, 6) is -0.869. The molecule has 0 saturated heterocycles. The summed E-state index contributed by atoms with van der Waals surface area (Å²) in [7, 11) is 0. The summed E-state index contributed by atoms with van der Waals surface area (Å²) in [6.45, 7) is 1.60. The van der Waals surface area contributed by atoms with Crippen molar-refractivity contribution in [3.05, 3.63) is 100 Å². The second-order valence-electron chi connectivity index (χ2n) is 8.44. The molecule has 0 amide bonds. The molecule has 0 radical (unpaired) electrons. The van der Waals surface area contributed by atoms with Crippen LogP contribution in [0.5, 0.6) is 5.75 Å². The molecular formula is C27H25F4NO3. The molecule has 0 atom stereocenters. The molecule has 0 aromatic heterocycles. The van der Waals surface area contributed by atoms with Gasteiger partial charge in [0.2, 0.25) is 0 Å². The monoisotopic (exact) mass is 487 g/mol. The molecule has 0 spiro atoms. The van der Waals surface area contributed by atoms with Crippen molar-refractivity contribution in [1.29, 1.82) is 0 Å². The first kappa shape index (κ1) is 24.7. The van der Waals surface area contributed by atoms with Gasteiger partial charge in [0.1, 0.15) is 18.2 Å². The summed E-state index contributed by atoms with van der Waals surface area (Å²) >= 11 is 0. The highest BCUT2D eigenvalue weighted by atomic mass is 19.4. The summed E-state index contributed by atoms with van der Waals surface area (Å²) in [4.78, 5) is 13.4. The summed E-state index contributed by atoms with van der Waals surface area (Å²) < 4.78 is 65.0. The molecule has 4 rings (SSSR count). The Morgan fingerprint density at radius 2 is 1.74 bits per heavy atom. The number of cyclic esters (lactones) is 1. The Morgan fingerprint density at radius 3 is 2.51 bits per heavy atom. The van der Waals surface area contributed by atoms with E-state index in [0.29, 0.717) is 31.9 Å². The molecule has 0 bridgehead atoms. The molecule has 0 unspecified atom stereocenters. The van der Waals surface area contributed by atoms with E-state index in [2.05, 4.69) is 0 Å². The molecule has 0 saturated carbocycles. The fourth-order valence-electron chi connectivity index (χ4n) is 4.06. The van der Waals surface area contributed by atoms with Crippen LogP contribution in [0, 0.1) is 5.82 Å². The van der Waals surface area contributed by atoms with Crippen molar-refractivity contribution >= 4 is 5.97 Å². The highest BCUT2D eigenvalue weighted by Gasteiger charge is 2.34. The van der Waals surface area contributed by atoms with E-state index >= 15 is 0 Å². The first-order chi connectivity index (χ1) is 16.8. The zero-order valence-electron chi connectivity index (χ0n) is 19.0. The van der Waals surface area contributed by atoms with Crippen LogP contribution in [0.3, 0.4) is 0 Å². The quantitative estimate of drug-likeness (QED) is 0.214. The van der Waals surface area contributed by atoms with Crippen molar-refractivity contribution in [2.24, 2.45) is 0 Å². The average Bonchev–Trinajstić information content (AvgIpc) is 2.82. The minimum Gasteiger partial charge on any atom is -0.494 e. The minimum atomic E-state index is -4.75. The molecule has 3 aromatic rings. The standard InChI is InChI=1S/C27H25F4NO3/c28-26-20(8-4-9-24(26)27(29,30)31)17-32(16-19-6-2-1-3-7-19)12-5-13-34-23-11-10-21-18-35-25(33)15-22(21)14-23/h1-4,6-11,14H,5,12-13,15-18H2. The number of nitrogens with zero attached hydrogens (tertiary/aromatic N) is 1. The highest BCUT2D eigenvalue weighted by molar-refractivity contribution is 5.74. The molecule has 4 nitrogen and oxygen atoms in total. The first-order valence-electron chi connectivity index (χ1n) is 11.3. The number of benzene rings is 3. The molecule has 8 heteroatoms. The van der Waals surface area contributed by atoms with Gasteiger partial charge in [-0.15, -0.1) is 0 Å². The van der Waals surface area contributed by atoms with Gasteiger partial charge in [-0.25, -0.2) is 4.39 Å². The Balaban J connectivity index is 1.40. The van der Waals surface area contributed by atoms with Crippen molar-refractivity contribution in [1.82, 2.24) is 4.90 Å². The van der Waals surface area contributed by atoms with Crippen molar-refractivity contribution in [3.8, 4) is 5.75 Å². The molecule has 1 heterocycles. The number of ether oxygens (including phenoxy) is 2. The second-order valence-corrected chi connectivity index (χ2v) is 8.44. The Labute approximate surface area is 201 Å². The third kappa shape index (κ3) is 6.60. The van der Waals surface area contributed by atoms with Crippen molar-refractivity contribution in [3.63, 3.8) is 0 Å². The number of esters is 1. The maximum absolute atomic E-state index is 14.6. The zero-order chi connectivity index (χ0) is 24.8. The van der Waals surface area contributed by atoms with Gasteiger partial charge in [-0.1, -0.05) is 48.5 Å². The van der Waals surface area contributed by atoms with Gasteiger partial charge in [-0.3, -0.25) is 9.69 Å². The smallest absolute Gasteiger partial charge is 0.419 e. The molecule has 0 aliphatic carbocycles. The van der Waals surface area contributed by atoms with Crippen LogP contribution in [-0.2, 0) is 41.8 Å². The molecule has 3 aromatic carbocycles. The number of hydrogen-bond acceptors (Lipinski definition) is 4. The van der Waals surface area contributed by atoms with Crippen molar-refractivity contribution < 1.29 is 31.8 Å². The van der Waals surface area contributed by atoms with Crippen LogP contribution in [0.15, 0.2) is 66.7 Å². The Bertz CT molecular complexity index is 1160. The third-order valence-electron chi connectivity index (χ3n) is 5.82. The van der Waals surface area contributed by atoms with Gasteiger partial charge in [0, 0.05) is 25.2 Å². The van der Waals surface area contributed by atoms with Crippen LogP contribution in [0.4, 0.5) is 17.6 Å². The normalized spacial score (nSPS) is 13.5. The summed E-state index contributed by atoms with van der Waals surface area (Å²) in [5.41, 5.74) is 1.55. The van der Waals surface area contributed by atoms with Gasteiger partial charge in [0.15, 0.2) is 0 Å². The van der Waals surface area contributed by atoms with Gasteiger partial charge >= 0.3 is 12.1 Å². The largest absolute Gasteiger partial charge is 0.494 e. The lowest BCUT2D eigenvalue weighted by Gasteiger charge is -2.24. The van der Waals surface area contributed by atoms with E-state index in [1.54, 1.807) is 0 Å². The molecule has 35 heavy (non-hydrogen) atoms. The third-order valence-corrected chi connectivity index (χ3v) is 5.82. The number of carbonyl (C=O) groups is 1. The van der Waals surface area contributed by atoms with Crippen LogP contribution >= 0.6 is 0 Å². The maximum Gasteiger partial charge on any atom is 0.419 e. The molecular weight excluding hydrogens is 462 g/mol. The van der Waals surface area contributed by atoms with E-state index in [1.165, 1.54) is 12.1 Å². The average molecular weight is 487 g/mol. The first-order valence-corrected chi connectivity index (χ1v) is 11.3. The van der Waals surface area contributed by atoms with E-state index in [4.69, 9.17) is 9.47 Å². The molecule has 1 aliphatic rings. The minimum absolute atomic E-state index is 0.00162. The van der Waals surface area contributed by atoms with Crippen LogP contribution in [-0.4, -0.2) is 24.0 Å².